The zero-order chi connectivity index (χ0) is 13.2. The number of hydrogen-bond donors (Lipinski definition) is 1. The molecule has 1 fully saturated rings. The summed E-state index contributed by atoms with van der Waals surface area (Å²) in [7, 11) is 1.91. The molecule has 0 aromatic carbocycles. The number of anilines is 1. The minimum atomic E-state index is 0.294. The Hall–Kier alpha value is -0.450. The lowest BCUT2D eigenvalue weighted by molar-refractivity contribution is 0.640. The third-order valence-corrected chi connectivity index (χ3v) is 4.64. The SMILES string of the molecule is CNCc1nc(N2CCSC(C)(C)C2)ccc1Cl. The Balaban J connectivity index is 2.20. The zero-order valence-corrected chi connectivity index (χ0v) is 12.7. The number of aromatic nitrogens is 1. The van der Waals surface area contributed by atoms with Crippen LogP contribution in [-0.2, 0) is 6.54 Å². The molecule has 0 amide bonds. The Morgan fingerprint density at radius 2 is 2.28 bits per heavy atom. The Morgan fingerprint density at radius 3 is 2.94 bits per heavy atom. The van der Waals surface area contributed by atoms with E-state index in [4.69, 9.17) is 11.6 Å². The Morgan fingerprint density at radius 1 is 1.50 bits per heavy atom. The molecule has 5 heteroatoms. The van der Waals surface area contributed by atoms with Crippen LogP contribution >= 0.6 is 23.4 Å². The first-order valence-electron chi connectivity index (χ1n) is 6.21. The number of pyridine rings is 1. The maximum Gasteiger partial charge on any atom is 0.129 e. The number of nitrogens with zero attached hydrogens (tertiary/aromatic N) is 2. The fraction of sp³-hybridized carbons (Fsp3) is 0.615. The number of halogens is 1. The van der Waals surface area contributed by atoms with Gasteiger partial charge in [-0.3, -0.25) is 0 Å². The molecular weight excluding hydrogens is 266 g/mol. The fourth-order valence-electron chi connectivity index (χ4n) is 2.15. The average molecular weight is 286 g/mol. The van der Waals surface area contributed by atoms with Gasteiger partial charge in [-0.2, -0.15) is 11.8 Å². The first kappa shape index (κ1) is 14.0. The number of nitrogens with one attached hydrogen (secondary N) is 1. The monoisotopic (exact) mass is 285 g/mol. The van der Waals surface area contributed by atoms with Gasteiger partial charge in [0.1, 0.15) is 5.82 Å². The summed E-state index contributed by atoms with van der Waals surface area (Å²) in [5.41, 5.74) is 0.924. The third-order valence-electron chi connectivity index (χ3n) is 3.00. The third kappa shape index (κ3) is 3.31. The van der Waals surface area contributed by atoms with Crippen LogP contribution in [0, 0.1) is 0 Å². The van der Waals surface area contributed by atoms with Gasteiger partial charge in [0.2, 0.25) is 0 Å². The predicted molar refractivity (Wildman–Crippen MR) is 80.8 cm³/mol. The molecule has 0 bridgehead atoms. The molecule has 1 aliphatic heterocycles. The lowest BCUT2D eigenvalue weighted by Crippen LogP contribution is -2.43. The smallest absolute Gasteiger partial charge is 0.129 e. The van der Waals surface area contributed by atoms with E-state index in [0.717, 1.165) is 35.4 Å². The molecule has 2 heterocycles. The van der Waals surface area contributed by atoms with Crippen LogP contribution < -0.4 is 10.2 Å². The summed E-state index contributed by atoms with van der Waals surface area (Å²) in [6.45, 7) is 7.37. The normalized spacial score (nSPS) is 19.0. The van der Waals surface area contributed by atoms with Crippen LogP contribution in [0.25, 0.3) is 0 Å². The highest BCUT2D eigenvalue weighted by molar-refractivity contribution is 8.00. The van der Waals surface area contributed by atoms with Crippen LogP contribution in [0.2, 0.25) is 5.02 Å². The summed E-state index contributed by atoms with van der Waals surface area (Å²) in [4.78, 5) is 7.03. The van der Waals surface area contributed by atoms with E-state index in [1.54, 1.807) is 0 Å². The number of thioether (sulfide) groups is 1. The van der Waals surface area contributed by atoms with Gasteiger partial charge in [0, 0.05) is 30.1 Å². The molecule has 1 aromatic heterocycles. The first-order chi connectivity index (χ1) is 8.52. The van der Waals surface area contributed by atoms with Crippen LogP contribution in [0.15, 0.2) is 12.1 Å². The second kappa shape index (κ2) is 5.68. The predicted octanol–water partition coefficient (Wildman–Crippen LogP) is 2.79. The second-order valence-corrected chi connectivity index (χ2v) is 7.37. The van der Waals surface area contributed by atoms with Crippen molar-refractivity contribution in [3.05, 3.63) is 22.8 Å². The molecule has 0 aliphatic carbocycles. The fourth-order valence-corrected chi connectivity index (χ4v) is 3.44. The molecule has 2 rings (SSSR count). The van der Waals surface area contributed by atoms with Crippen molar-refractivity contribution in [1.29, 1.82) is 0 Å². The van der Waals surface area contributed by atoms with Crippen LogP contribution in [0.3, 0.4) is 0 Å². The lowest BCUT2D eigenvalue weighted by Gasteiger charge is -2.38. The maximum absolute atomic E-state index is 6.14. The molecule has 100 valence electrons. The highest BCUT2D eigenvalue weighted by Gasteiger charge is 2.27. The van der Waals surface area contributed by atoms with Gasteiger partial charge < -0.3 is 10.2 Å². The highest BCUT2D eigenvalue weighted by atomic mass is 35.5. The van der Waals surface area contributed by atoms with E-state index in [9.17, 15) is 0 Å². The standard InChI is InChI=1S/C13H20ClN3S/c1-13(2)9-17(6-7-18-13)12-5-4-10(14)11(16-12)8-15-3/h4-5,15H,6-9H2,1-3H3. The van der Waals surface area contributed by atoms with E-state index in [1.807, 2.05) is 30.9 Å². The maximum atomic E-state index is 6.14. The van der Waals surface area contributed by atoms with E-state index in [0.29, 0.717) is 11.3 Å². The van der Waals surface area contributed by atoms with Crippen LogP contribution in [0.1, 0.15) is 19.5 Å². The molecular formula is C13H20ClN3S. The summed E-state index contributed by atoms with van der Waals surface area (Å²) >= 11 is 8.17. The number of hydrogen-bond acceptors (Lipinski definition) is 4. The van der Waals surface area contributed by atoms with E-state index in [1.165, 1.54) is 0 Å². The quantitative estimate of drug-likeness (QED) is 0.924. The topological polar surface area (TPSA) is 28.2 Å². The van der Waals surface area contributed by atoms with Gasteiger partial charge in [-0.25, -0.2) is 4.98 Å². The summed E-state index contributed by atoms with van der Waals surface area (Å²) in [5.74, 6) is 2.19. The van der Waals surface area contributed by atoms with Gasteiger partial charge in [0.05, 0.1) is 10.7 Å². The van der Waals surface area contributed by atoms with Crippen molar-refractivity contribution in [2.45, 2.75) is 25.1 Å². The Kier molecular flexibility index (Phi) is 4.41. The van der Waals surface area contributed by atoms with Crippen molar-refractivity contribution in [3.63, 3.8) is 0 Å². The van der Waals surface area contributed by atoms with Crippen LogP contribution in [-0.4, -0.2) is 35.6 Å². The lowest BCUT2D eigenvalue weighted by atomic mass is 10.2. The van der Waals surface area contributed by atoms with Gasteiger partial charge in [-0.05, 0) is 33.0 Å². The van der Waals surface area contributed by atoms with Crippen molar-refractivity contribution in [1.82, 2.24) is 10.3 Å². The van der Waals surface area contributed by atoms with E-state index < -0.39 is 0 Å². The Labute approximate surface area is 118 Å². The molecule has 1 aliphatic rings. The number of rotatable bonds is 3. The van der Waals surface area contributed by atoms with Gasteiger partial charge >= 0.3 is 0 Å². The molecule has 1 saturated heterocycles. The largest absolute Gasteiger partial charge is 0.354 e. The molecule has 0 saturated carbocycles. The molecule has 0 atom stereocenters. The minimum Gasteiger partial charge on any atom is -0.354 e. The van der Waals surface area contributed by atoms with Crippen molar-refractivity contribution in [2.24, 2.45) is 0 Å². The average Bonchev–Trinajstić information content (AvgIpc) is 2.31. The molecule has 18 heavy (non-hydrogen) atoms. The minimum absolute atomic E-state index is 0.294. The first-order valence-corrected chi connectivity index (χ1v) is 7.57. The van der Waals surface area contributed by atoms with Gasteiger partial charge in [-0.15, -0.1) is 0 Å². The van der Waals surface area contributed by atoms with Crippen LogP contribution in [0.5, 0.6) is 0 Å². The van der Waals surface area contributed by atoms with E-state index in [2.05, 4.69) is 29.0 Å². The van der Waals surface area contributed by atoms with Crippen molar-refractivity contribution >= 4 is 29.2 Å². The Bertz CT molecular complexity index is 423. The van der Waals surface area contributed by atoms with Crippen LogP contribution in [0.4, 0.5) is 5.82 Å². The van der Waals surface area contributed by atoms with Crippen molar-refractivity contribution in [2.75, 3.05) is 30.8 Å². The van der Waals surface area contributed by atoms with Crippen molar-refractivity contribution < 1.29 is 0 Å². The second-order valence-electron chi connectivity index (χ2n) is 5.16. The summed E-state index contributed by atoms with van der Waals surface area (Å²) < 4.78 is 0.294. The molecule has 3 nitrogen and oxygen atoms in total. The van der Waals surface area contributed by atoms with Crippen molar-refractivity contribution in [3.8, 4) is 0 Å². The summed E-state index contributed by atoms with van der Waals surface area (Å²) in [6.07, 6.45) is 0. The molecule has 0 radical (unpaired) electrons. The molecule has 1 N–H and O–H groups in total. The molecule has 1 aromatic rings. The highest BCUT2D eigenvalue weighted by Crippen LogP contribution is 2.32. The van der Waals surface area contributed by atoms with Gasteiger partial charge in [-0.1, -0.05) is 11.6 Å². The summed E-state index contributed by atoms with van der Waals surface area (Å²) in [5, 5.41) is 3.84. The van der Waals surface area contributed by atoms with Gasteiger partial charge in [0.15, 0.2) is 0 Å². The molecule has 0 spiro atoms. The van der Waals surface area contributed by atoms with Gasteiger partial charge in [0.25, 0.3) is 0 Å². The molecule has 0 unspecified atom stereocenters. The summed E-state index contributed by atoms with van der Waals surface area (Å²) in [6, 6.07) is 3.97. The van der Waals surface area contributed by atoms with E-state index >= 15 is 0 Å². The zero-order valence-electron chi connectivity index (χ0n) is 11.2. The van der Waals surface area contributed by atoms with E-state index in [-0.39, 0.29) is 0 Å².